The van der Waals surface area contributed by atoms with Gasteiger partial charge in [0, 0.05) is 17.6 Å². The minimum Gasteiger partial charge on any atom is -0.352 e. The number of halogens is 1. The van der Waals surface area contributed by atoms with Crippen LogP contribution in [0.4, 0.5) is 5.69 Å². The van der Waals surface area contributed by atoms with Gasteiger partial charge in [0.15, 0.2) is 0 Å². The molecule has 3 aromatic carbocycles. The van der Waals surface area contributed by atoms with Crippen molar-refractivity contribution in [3.63, 3.8) is 0 Å². The molecule has 0 saturated heterocycles. The Balaban J connectivity index is 1.68. The van der Waals surface area contributed by atoms with Crippen molar-refractivity contribution >= 4 is 39.1 Å². The average Bonchev–Trinajstić information content (AvgIpc) is 3.45. The van der Waals surface area contributed by atoms with Gasteiger partial charge in [-0.1, -0.05) is 78.5 Å². The van der Waals surface area contributed by atoms with Gasteiger partial charge in [-0.05, 0) is 62.6 Å². The number of amides is 2. The summed E-state index contributed by atoms with van der Waals surface area (Å²) in [6.45, 7) is 3.15. The van der Waals surface area contributed by atoms with Crippen LogP contribution < -0.4 is 9.62 Å². The van der Waals surface area contributed by atoms with Gasteiger partial charge in [-0.2, -0.15) is 0 Å². The van der Waals surface area contributed by atoms with Gasteiger partial charge in [-0.3, -0.25) is 13.9 Å². The number of aryl methyl sites for hydroxylation is 1. The smallest absolute Gasteiger partial charge is 0.264 e. The van der Waals surface area contributed by atoms with Crippen molar-refractivity contribution in [2.45, 2.75) is 63.1 Å². The van der Waals surface area contributed by atoms with Gasteiger partial charge in [-0.25, -0.2) is 8.42 Å². The van der Waals surface area contributed by atoms with E-state index >= 15 is 0 Å². The molecule has 1 aliphatic rings. The van der Waals surface area contributed by atoms with Crippen molar-refractivity contribution in [1.82, 2.24) is 10.2 Å². The number of nitrogens with zero attached hydrogens (tertiary/aromatic N) is 2. The van der Waals surface area contributed by atoms with Crippen molar-refractivity contribution in [3.8, 4) is 0 Å². The summed E-state index contributed by atoms with van der Waals surface area (Å²) in [4.78, 5) is 28.7. The number of hydrogen-bond donors (Lipinski definition) is 1. The monoisotopic (exact) mass is 567 g/mol. The van der Waals surface area contributed by atoms with E-state index in [1.54, 1.807) is 67.6 Å². The van der Waals surface area contributed by atoms with Crippen LogP contribution in [0.3, 0.4) is 0 Å². The lowest BCUT2D eigenvalue weighted by Crippen LogP contribution is -2.52. The molecule has 2 amide bonds. The first kappa shape index (κ1) is 28.6. The standard InChI is InChI=1S/C30H34ClN3O4S/c1-22-16-18-26(19-17-22)34(39(37,38)27-13-4-3-5-14-27)21-29(35)33(20-24-10-6-9-15-28(24)31)23(2)30(36)32-25-11-7-8-12-25/h3-6,9-10,13-19,23,25H,7-8,11-12,20-21H2,1-2H3,(H,32,36)/t23-/m1/s1. The number of carbonyl (C=O) groups is 2. The molecule has 4 rings (SSSR count). The van der Waals surface area contributed by atoms with E-state index in [1.807, 2.05) is 13.0 Å². The minimum atomic E-state index is -4.08. The maximum absolute atomic E-state index is 14.0. The molecule has 0 spiro atoms. The highest BCUT2D eigenvalue weighted by Crippen LogP contribution is 2.26. The zero-order chi connectivity index (χ0) is 28.0. The largest absolute Gasteiger partial charge is 0.352 e. The van der Waals surface area contributed by atoms with Crippen LogP contribution in [-0.4, -0.2) is 43.8 Å². The SMILES string of the molecule is Cc1ccc(N(CC(=O)N(Cc2ccccc2Cl)[C@H](C)C(=O)NC2CCCC2)S(=O)(=O)c2ccccc2)cc1. The summed E-state index contributed by atoms with van der Waals surface area (Å²) in [5, 5.41) is 3.53. The molecular formula is C30H34ClN3O4S. The Morgan fingerprint density at radius 1 is 0.949 bits per heavy atom. The molecule has 1 atom stereocenters. The molecule has 0 aliphatic heterocycles. The summed E-state index contributed by atoms with van der Waals surface area (Å²) >= 11 is 6.42. The summed E-state index contributed by atoms with van der Waals surface area (Å²) < 4.78 is 28.7. The van der Waals surface area contributed by atoms with Gasteiger partial charge < -0.3 is 10.2 Å². The Labute approximate surface area is 235 Å². The number of nitrogens with one attached hydrogen (secondary N) is 1. The highest BCUT2D eigenvalue weighted by molar-refractivity contribution is 7.92. The van der Waals surface area contributed by atoms with E-state index in [-0.39, 0.29) is 23.4 Å². The third-order valence-corrected chi connectivity index (χ3v) is 9.26. The first-order valence-electron chi connectivity index (χ1n) is 13.1. The van der Waals surface area contributed by atoms with Crippen molar-refractivity contribution in [1.29, 1.82) is 0 Å². The van der Waals surface area contributed by atoms with Gasteiger partial charge in [0.1, 0.15) is 12.6 Å². The molecule has 1 aliphatic carbocycles. The van der Waals surface area contributed by atoms with Crippen LogP contribution in [0.25, 0.3) is 0 Å². The van der Waals surface area contributed by atoms with Gasteiger partial charge in [-0.15, -0.1) is 0 Å². The maximum Gasteiger partial charge on any atom is 0.264 e. The van der Waals surface area contributed by atoms with Crippen molar-refractivity contribution < 1.29 is 18.0 Å². The van der Waals surface area contributed by atoms with Crippen LogP contribution in [0.1, 0.15) is 43.7 Å². The van der Waals surface area contributed by atoms with Crippen molar-refractivity contribution in [3.05, 3.63) is 95.0 Å². The molecule has 1 N–H and O–H groups in total. The quantitative estimate of drug-likeness (QED) is 0.359. The summed E-state index contributed by atoms with van der Waals surface area (Å²) in [5.74, 6) is -0.779. The number of rotatable bonds is 10. The van der Waals surface area contributed by atoms with Gasteiger partial charge in [0.2, 0.25) is 11.8 Å². The molecule has 1 fully saturated rings. The Hall–Kier alpha value is -3.36. The summed E-state index contributed by atoms with van der Waals surface area (Å²) in [7, 11) is -4.08. The van der Waals surface area contributed by atoms with Crippen molar-refractivity contribution in [2.24, 2.45) is 0 Å². The Kier molecular flexibility index (Phi) is 9.30. The van der Waals surface area contributed by atoms with E-state index in [2.05, 4.69) is 5.32 Å². The number of hydrogen-bond acceptors (Lipinski definition) is 4. The number of carbonyl (C=O) groups excluding carboxylic acids is 2. The van der Waals surface area contributed by atoms with Crippen LogP contribution in [0.5, 0.6) is 0 Å². The predicted octanol–water partition coefficient (Wildman–Crippen LogP) is 5.32. The normalized spacial score (nSPS) is 14.5. The highest BCUT2D eigenvalue weighted by Gasteiger charge is 2.33. The highest BCUT2D eigenvalue weighted by atomic mass is 35.5. The zero-order valence-electron chi connectivity index (χ0n) is 22.2. The van der Waals surface area contributed by atoms with E-state index < -0.39 is 28.5 Å². The molecule has 3 aromatic rings. The van der Waals surface area contributed by atoms with E-state index in [0.29, 0.717) is 16.3 Å². The second-order valence-corrected chi connectivity index (χ2v) is 12.2. The molecule has 0 bridgehead atoms. The molecule has 0 unspecified atom stereocenters. The Morgan fingerprint density at radius 2 is 1.56 bits per heavy atom. The van der Waals surface area contributed by atoms with Crippen LogP contribution in [0.2, 0.25) is 5.02 Å². The van der Waals surface area contributed by atoms with Crippen LogP contribution in [-0.2, 0) is 26.2 Å². The molecule has 0 heterocycles. The summed E-state index contributed by atoms with van der Waals surface area (Å²) in [6.07, 6.45) is 3.94. The number of sulfonamides is 1. The first-order valence-corrected chi connectivity index (χ1v) is 15.0. The lowest BCUT2D eigenvalue weighted by molar-refractivity contribution is -0.139. The fourth-order valence-corrected chi connectivity index (χ4v) is 6.37. The van der Waals surface area contributed by atoms with E-state index in [9.17, 15) is 18.0 Å². The van der Waals surface area contributed by atoms with Crippen LogP contribution in [0.15, 0.2) is 83.8 Å². The topological polar surface area (TPSA) is 86.8 Å². The third-order valence-electron chi connectivity index (χ3n) is 7.10. The Bertz CT molecular complexity index is 1390. The number of anilines is 1. The molecule has 9 heteroatoms. The molecule has 1 saturated carbocycles. The molecule has 39 heavy (non-hydrogen) atoms. The van der Waals surface area contributed by atoms with Crippen LogP contribution >= 0.6 is 11.6 Å². The Morgan fingerprint density at radius 3 is 2.21 bits per heavy atom. The van der Waals surface area contributed by atoms with E-state index in [4.69, 9.17) is 11.6 Å². The molecule has 206 valence electrons. The molecule has 0 aromatic heterocycles. The summed E-state index contributed by atoms with van der Waals surface area (Å²) in [6, 6.07) is 21.3. The third kappa shape index (κ3) is 6.99. The fraction of sp³-hybridized carbons (Fsp3) is 0.333. The first-order chi connectivity index (χ1) is 18.7. The summed E-state index contributed by atoms with van der Waals surface area (Å²) in [5.41, 5.74) is 1.99. The van der Waals surface area contributed by atoms with Crippen LogP contribution in [0, 0.1) is 6.92 Å². The molecule has 7 nitrogen and oxygen atoms in total. The van der Waals surface area contributed by atoms with E-state index in [0.717, 1.165) is 35.6 Å². The maximum atomic E-state index is 14.0. The second-order valence-electron chi connectivity index (χ2n) is 9.94. The lowest BCUT2D eigenvalue weighted by Gasteiger charge is -2.32. The van der Waals surface area contributed by atoms with Crippen molar-refractivity contribution in [2.75, 3.05) is 10.8 Å². The lowest BCUT2D eigenvalue weighted by atomic mass is 10.1. The van der Waals surface area contributed by atoms with Gasteiger partial charge >= 0.3 is 0 Å². The minimum absolute atomic E-state index is 0.0604. The number of benzene rings is 3. The average molecular weight is 568 g/mol. The van der Waals surface area contributed by atoms with Gasteiger partial charge in [0.05, 0.1) is 10.6 Å². The molecular weight excluding hydrogens is 534 g/mol. The van der Waals surface area contributed by atoms with Gasteiger partial charge in [0.25, 0.3) is 10.0 Å². The van der Waals surface area contributed by atoms with E-state index in [1.165, 1.54) is 17.0 Å². The second kappa shape index (κ2) is 12.7. The predicted molar refractivity (Wildman–Crippen MR) is 154 cm³/mol. The molecule has 0 radical (unpaired) electrons. The zero-order valence-corrected chi connectivity index (χ0v) is 23.8. The fourth-order valence-electron chi connectivity index (χ4n) is 4.74.